The molecule has 0 bridgehead atoms. The van der Waals surface area contributed by atoms with Gasteiger partial charge in [-0.3, -0.25) is 9.82 Å². The summed E-state index contributed by atoms with van der Waals surface area (Å²) in [5.41, 5.74) is 0.576. The van der Waals surface area contributed by atoms with Gasteiger partial charge in [0.05, 0.1) is 16.7 Å². The van der Waals surface area contributed by atoms with Crippen LogP contribution in [0.1, 0.15) is 15.9 Å². The van der Waals surface area contributed by atoms with Crippen LogP contribution in [0.25, 0.3) is 0 Å². The average Bonchev–Trinajstić information content (AvgIpc) is 2.74. The second-order valence-corrected chi connectivity index (χ2v) is 6.82. The first-order chi connectivity index (χ1) is 9.31. The highest BCUT2D eigenvalue weighted by Gasteiger charge is 2.19. The lowest BCUT2D eigenvalue weighted by atomic mass is 10.2. The Morgan fingerprint density at radius 3 is 2.70 bits per heavy atom. The van der Waals surface area contributed by atoms with E-state index in [1.165, 1.54) is 18.3 Å². The number of benzene rings is 1. The molecule has 1 aromatic carbocycles. The molecule has 0 atom stereocenters. The molecule has 0 saturated carbocycles. The number of nitrogens with zero attached hydrogens (tertiary/aromatic N) is 1. The third kappa shape index (κ3) is 2.93. The number of aryl methyl sites for hydroxylation is 1. The summed E-state index contributed by atoms with van der Waals surface area (Å²) >= 11 is 1.84. The standard InChI is InChI=1S/C11H10IN3O4S/c1-6-5-13-14-10(6)15-20(18,19)7-2-3-9(12)8(4-7)11(16)17/h2-5H,1H3,(H,16,17)(H2,13,14,15). The lowest BCUT2D eigenvalue weighted by molar-refractivity contribution is 0.0695. The number of aromatic amines is 1. The number of carbonyl (C=O) groups is 1. The van der Waals surface area contributed by atoms with Crippen molar-refractivity contribution < 1.29 is 18.3 Å². The Bertz CT molecular complexity index is 770. The molecule has 0 fully saturated rings. The van der Waals surface area contributed by atoms with Crippen LogP contribution in [0.2, 0.25) is 0 Å². The fourth-order valence-corrected chi connectivity index (χ4v) is 3.16. The van der Waals surface area contributed by atoms with E-state index in [9.17, 15) is 13.2 Å². The number of nitrogens with one attached hydrogen (secondary N) is 2. The number of aromatic nitrogens is 2. The van der Waals surface area contributed by atoms with Gasteiger partial charge in [-0.15, -0.1) is 0 Å². The number of rotatable bonds is 4. The Morgan fingerprint density at radius 1 is 1.45 bits per heavy atom. The maximum atomic E-state index is 12.2. The summed E-state index contributed by atoms with van der Waals surface area (Å²) in [5, 5.41) is 15.3. The van der Waals surface area contributed by atoms with E-state index >= 15 is 0 Å². The number of H-pyrrole nitrogens is 1. The molecule has 0 unspecified atom stereocenters. The highest BCUT2D eigenvalue weighted by atomic mass is 127. The van der Waals surface area contributed by atoms with E-state index in [-0.39, 0.29) is 16.3 Å². The molecule has 0 amide bonds. The molecule has 2 rings (SSSR count). The smallest absolute Gasteiger partial charge is 0.336 e. The van der Waals surface area contributed by atoms with Gasteiger partial charge in [0.2, 0.25) is 0 Å². The lowest BCUT2D eigenvalue weighted by Gasteiger charge is -2.08. The van der Waals surface area contributed by atoms with E-state index in [1.807, 2.05) is 22.6 Å². The molecule has 2 aromatic rings. The lowest BCUT2D eigenvalue weighted by Crippen LogP contribution is -2.15. The van der Waals surface area contributed by atoms with Crippen LogP contribution in [0.3, 0.4) is 0 Å². The van der Waals surface area contributed by atoms with Gasteiger partial charge in [-0.25, -0.2) is 13.2 Å². The predicted molar refractivity (Wildman–Crippen MR) is 80.3 cm³/mol. The maximum absolute atomic E-state index is 12.2. The highest BCUT2D eigenvalue weighted by molar-refractivity contribution is 14.1. The molecule has 106 valence electrons. The number of sulfonamides is 1. The van der Waals surface area contributed by atoms with Gasteiger partial charge in [0.1, 0.15) is 5.82 Å². The molecule has 20 heavy (non-hydrogen) atoms. The fraction of sp³-hybridized carbons (Fsp3) is 0.0909. The van der Waals surface area contributed by atoms with Crippen molar-refractivity contribution in [3.05, 3.63) is 39.1 Å². The van der Waals surface area contributed by atoms with Crippen molar-refractivity contribution >= 4 is 44.4 Å². The van der Waals surface area contributed by atoms with Crippen molar-refractivity contribution in [3.63, 3.8) is 0 Å². The first-order valence-electron chi connectivity index (χ1n) is 5.37. The molecule has 0 saturated heterocycles. The number of hydrogen-bond donors (Lipinski definition) is 3. The zero-order chi connectivity index (χ0) is 14.9. The third-order valence-corrected chi connectivity index (χ3v) is 4.83. The minimum Gasteiger partial charge on any atom is -0.478 e. The molecule has 1 heterocycles. The Kier molecular flexibility index (Phi) is 3.99. The maximum Gasteiger partial charge on any atom is 0.336 e. The van der Waals surface area contributed by atoms with Gasteiger partial charge in [0, 0.05) is 9.13 Å². The Balaban J connectivity index is 2.42. The number of aromatic carboxylic acids is 1. The van der Waals surface area contributed by atoms with Crippen molar-refractivity contribution in [3.8, 4) is 0 Å². The Labute approximate surface area is 128 Å². The normalized spacial score (nSPS) is 11.3. The quantitative estimate of drug-likeness (QED) is 0.670. The van der Waals surface area contributed by atoms with Gasteiger partial charge < -0.3 is 5.11 Å². The van der Waals surface area contributed by atoms with Crippen LogP contribution in [0, 0.1) is 10.5 Å². The Morgan fingerprint density at radius 2 is 2.15 bits per heavy atom. The second kappa shape index (κ2) is 5.40. The van der Waals surface area contributed by atoms with Crippen LogP contribution < -0.4 is 4.72 Å². The minimum absolute atomic E-state index is 0.0604. The monoisotopic (exact) mass is 407 g/mol. The van der Waals surface area contributed by atoms with Gasteiger partial charge in [-0.05, 0) is 47.7 Å². The Hall–Kier alpha value is -1.62. The van der Waals surface area contributed by atoms with Crippen LogP contribution >= 0.6 is 22.6 Å². The van der Waals surface area contributed by atoms with Crippen LogP contribution in [0.5, 0.6) is 0 Å². The van der Waals surface area contributed by atoms with E-state index in [4.69, 9.17) is 5.11 Å². The van der Waals surface area contributed by atoms with Crippen LogP contribution in [0.15, 0.2) is 29.3 Å². The molecule has 0 aliphatic carbocycles. The van der Waals surface area contributed by atoms with Crippen molar-refractivity contribution in [1.29, 1.82) is 0 Å². The first kappa shape index (κ1) is 14.8. The molecular formula is C11H10IN3O4S. The number of carboxylic acids is 1. The van der Waals surface area contributed by atoms with Gasteiger partial charge >= 0.3 is 5.97 Å². The summed E-state index contributed by atoms with van der Waals surface area (Å²) < 4.78 is 27.2. The van der Waals surface area contributed by atoms with Crippen molar-refractivity contribution in [2.45, 2.75) is 11.8 Å². The third-order valence-electron chi connectivity index (χ3n) is 2.54. The SMILES string of the molecule is Cc1cn[nH]c1NS(=O)(=O)c1ccc(I)c(C(=O)O)c1. The van der Waals surface area contributed by atoms with E-state index in [1.54, 1.807) is 6.92 Å². The molecule has 0 radical (unpaired) electrons. The van der Waals surface area contributed by atoms with Crippen LogP contribution in [-0.2, 0) is 10.0 Å². The first-order valence-corrected chi connectivity index (χ1v) is 7.93. The summed E-state index contributed by atoms with van der Waals surface area (Å²) in [6.07, 6.45) is 1.48. The summed E-state index contributed by atoms with van der Waals surface area (Å²) in [5.74, 6) is -0.926. The van der Waals surface area contributed by atoms with Crippen LogP contribution in [0.4, 0.5) is 5.82 Å². The molecule has 0 spiro atoms. The summed E-state index contributed by atoms with van der Waals surface area (Å²) in [6.45, 7) is 1.69. The highest BCUT2D eigenvalue weighted by Crippen LogP contribution is 2.21. The largest absolute Gasteiger partial charge is 0.478 e. The fourth-order valence-electron chi connectivity index (χ4n) is 1.48. The predicted octanol–water partition coefficient (Wildman–Crippen LogP) is 1.82. The summed E-state index contributed by atoms with van der Waals surface area (Å²) in [6, 6.07) is 3.92. The number of anilines is 1. The molecule has 7 nitrogen and oxygen atoms in total. The van der Waals surface area contributed by atoms with E-state index in [2.05, 4.69) is 14.9 Å². The van der Waals surface area contributed by atoms with Crippen LogP contribution in [-0.4, -0.2) is 29.7 Å². The zero-order valence-corrected chi connectivity index (χ0v) is 13.2. The van der Waals surface area contributed by atoms with Crippen molar-refractivity contribution in [2.75, 3.05) is 4.72 Å². The summed E-state index contributed by atoms with van der Waals surface area (Å²) in [7, 11) is -3.87. The molecule has 9 heteroatoms. The van der Waals surface area contributed by atoms with Gasteiger partial charge in [-0.2, -0.15) is 5.10 Å². The van der Waals surface area contributed by atoms with Gasteiger partial charge in [-0.1, -0.05) is 0 Å². The van der Waals surface area contributed by atoms with Crippen molar-refractivity contribution in [1.82, 2.24) is 10.2 Å². The number of carboxylic acid groups (broad SMARTS) is 1. The van der Waals surface area contributed by atoms with E-state index < -0.39 is 16.0 Å². The molecule has 0 aliphatic heterocycles. The number of hydrogen-bond acceptors (Lipinski definition) is 4. The molecule has 1 aromatic heterocycles. The molecule has 0 aliphatic rings. The second-order valence-electron chi connectivity index (χ2n) is 3.98. The summed E-state index contributed by atoms with van der Waals surface area (Å²) in [4.78, 5) is 10.9. The minimum atomic E-state index is -3.87. The van der Waals surface area contributed by atoms with E-state index in [0.717, 1.165) is 6.07 Å². The van der Waals surface area contributed by atoms with Gasteiger partial charge in [0.25, 0.3) is 10.0 Å². The number of halogens is 1. The zero-order valence-electron chi connectivity index (χ0n) is 10.2. The van der Waals surface area contributed by atoms with Gasteiger partial charge in [0.15, 0.2) is 0 Å². The molecule has 3 N–H and O–H groups in total. The van der Waals surface area contributed by atoms with E-state index in [0.29, 0.717) is 9.13 Å². The topological polar surface area (TPSA) is 112 Å². The molecular weight excluding hydrogens is 397 g/mol. The van der Waals surface area contributed by atoms with Crippen molar-refractivity contribution in [2.24, 2.45) is 0 Å². The average molecular weight is 407 g/mol.